The highest BCUT2D eigenvalue weighted by molar-refractivity contribution is 5.55. The third kappa shape index (κ3) is 3.28. The molecule has 1 fully saturated rings. The number of ether oxygens (including phenoxy) is 1. The highest BCUT2D eigenvalue weighted by atomic mass is 16.5. The van der Waals surface area contributed by atoms with Gasteiger partial charge >= 0.3 is 0 Å². The van der Waals surface area contributed by atoms with Crippen molar-refractivity contribution in [2.45, 2.75) is 32.7 Å². The van der Waals surface area contributed by atoms with Crippen LogP contribution in [-0.2, 0) is 0 Å². The number of rotatable bonds is 5. The van der Waals surface area contributed by atoms with Crippen molar-refractivity contribution in [2.75, 3.05) is 19.7 Å². The van der Waals surface area contributed by atoms with Gasteiger partial charge in [0.2, 0.25) is 5.88 Å². The van der Waals surface area contributed by atoms with E-state index in [1.165, 1.54) is 31.5 Å². The molecule has 1 saturated heterocycles. The van der Waals surface area contributed by atoms with Crippen molar-refractivity contribution in [3.05, 3.63) is 42.1 Å². The summed E-state index contributed by atoms with van der Waals surface area (Å²) in [5, 5.41) is 0. The molecule has 2 heterocycles. The van der Waals surface area contributed by atoms with Crippen LogP contribution in [0.3, 0.4) is 0 Å². The van der Waals surface area contributed by atoms with E-state index in [-0.39, 0.29) is 0 Å². The first-order valence-electron chi connectivity index (χ1n) is 8.08. The summed E-state index contributed by atoms with van der Waals surface area (Å²) in [6.07, 6.45) is 4.38. The molecule has 0 N–H and O–H groups in total. The van der Waals surface area contributed by atoms with Gasteiger partial charge in [-0.25, -0.2) is 4.98 Å². The van der Waals surface area contributed by atoms with Gasteiger partial charge in [-0.05, 0) is 45.3 Å². The van der Waals surface area contributed by atoms with Crippen LogP contribution >= 0.6 is 0 Å². The van der Waals surface area contributed by atoms with Gasteiger partial charge < -0.3 is 4.74 Å². The van der Waals surface area contributed by atoms with Crippen molar-refractivity contribution >= 4 is 0 Å². The molecule has 1 aliphatic heterocycles. The molecule has 0 amide bonds. The molecule has 1 aliphatic rings. The van der Waals surface area contributed by atoms with Gasteiger partial charge in [0.05, 0.1) is 6.61 Å². The number of likely N-dealkylation sites (tertiary alicyclic amines) is 1. The van der Waals surface area contributed by atoms with Crippen LogP contribution in [0.25, 0.3) is 11.4 Å². The van der Waals surface area contributed by atoms with Crippen molar-refractivity contribution in [1.82, 2.24) is 14.9 Å². The summed E-state index contributed by atoms with van der Waals surface area (Å²) in [4.78, 5) is 11.3. The molecular formula is C18H23N3O. The van der Waals surface area contributed by atoms with E-state index in [1.54, 1.807) is 12.3 Å². The predicted molar refractivity (Wildman–Crippen MR) is 87.9 cm³/mol. The molecule has 0 radical (unpaired) electrons. The fourth-order valence-electron chi connectivity index (χ4n) is 2.96. The molecule has 0 saturated carbocycles. The lowest BCUT2D eigenvalue weighted by molar-refractivity contribution is 0.263. The molecule has 4 nitrogen and oxygen atoms in total. The van der Waals surface area contributed by atoms with Crippen LogP contribution in [0.1, 0.15) is 38.3 Å². The van der Waals surface area contributed by atoms with Gasteiger partial charge in [-0.2, -0.15) is 4.98 Å². The number of hydrogen-bond acceptors (Lipinski definition) is 4. The van der Waals surface area contributed by atoms with Gasteiger partial charge in [0.1, 0.15) is 0 Å². The topological polar surface area (TPSA) is 38.2 Å². The lowest BCUT2D eigenvalue weighted by atomic mass is 10.0. The van der Waals surface area contributed by atoms with Gasteiger partial charge in [-0.3, -0.25) is 4.90 Å². The third-order valence-corrected chi connectivity index (χ3v) is 4.26. The molecule has 4 heteroatoms. The minimum absolute atomic E-state index is 0.479. The van der Waals surface area contributed by atoms with Gasteiger partial charge in [-0.1, -0.05) is 24.3 Å². The second-order valence-corrected chi connectivity index (χ2v) is 5.69. The molecule has 22 heavy (non-hydrogen) atoms. The number of hydrogen-bond donors (Lipinski definition) is 0. The highest BCUT2D eigenvalue weighted by Crippen LogP contribution is 2.26. The zero-order valence-electron chi connectivity index (χ0n) is 13.3. The van der Waals surface area contributed by atoms with E-state index in [0.29, 0.717) is 24.4 Å². The van der Waals surface area contributed by atoms with Crippen molar-refractivity contribution in [3.63, 3.8) is 0 Å². The SMILES string of the molecule is CCOc1ccnc(-c2ccc(C(C)N3CCCC3)cc2)n1. The fraction of sp³-hybridized carbons (Fsp3) is 0.444. The Bertz CT molecular complexity index is 606. The van der Waals surface area contributed by atoms with E-state index in [1.807, 2.05) is 6.92 Å². The van der Waals surface area contributed by atoms with Gasteiger partial charge in [-0.15, -0.1) is 0 Å². The normalized spacial score (nSPS) is 16.6. The zero-order valence-corrected chi connectivity index (χ0v) is 13.3. The van der Waals surface area contributed by atoms with Gasteiger partial charge in [0.25, 0.3) is 0 Å². The summed E-state index contributed by atoms with van der Waals surface area (Å²) >= 11 is 0. The monoisotopic (exact) mass is 297 g/mol. The average molecular weight is 297 g/mol. The molecule has 0 spiro atoms. The minimum Gasteiger partial charge on any atom is -0.478 e. The lowest BCUT2D eigenvalue weighted by Gasteiger charge is -2.24. The smallest absolute Gasteiger partial charge is 0.216 e. The number of nitrogens with zero attached hydrogens (tertiary/aromatic N) is 3. The summed E-state index contributed by atoms with van der Waals surface area (Å²) in [5.74, 6) is 1.34. The number of benzene rings is 1. The number of aromatic nitrogens is 2. The Morgan fingerprint density at radius 1 is 1.14 bits per heavy atom. The zero-order chi connectivity index (χ0) is 15.4. The van der Waals surface area contributed by atoms with Crippen molar-refractivity contribution < 1.29 is 4.74 Å². The van der Waals surface area contributed by atoms with Crippen molar-refractivity contribution in [3.8, 4) is 17.3 Å². The Morgan fingerprint density at radius 2 is 1.86 bits per heavy atom. The first-order valence-corrected chi connectivity index (χ1v) is 8.08. The minimum atomic E-state index is 0.479. The molecule has 1 atom stereocenters. The van der Waals surface area contributed by atoms with E-state index >= 15 is 0 Å². The van der Waals surface area contributed by atoms with Gasteiger partial charge in [0, 0.05) is 23.9 Å². The highest BCUT2D eigenvalue weighted by Gasteiger charge is 2.19. The molecule has 116 valence electrons. The van der Waals surface area contributed by atoms with Crippen LogP contribution < -0.4 is 4.74 Å². The summed E-state index contributed by atoms with van der Waals surface area (Å²) < 4.78 is 5.44. The lowest BCUT2D eigenvalue weighted by Crippen LogP contribution is -2.23. The first-order chi connectivity index (χ1) is 10.8. The molecule has 1 aromatic carbocycles. The Balaban J connectivity index is 1.77. The van der Waals surface area contributed by atoms with E-state index < -0.39 is 0 Å². The van der Waals surface area contributed by atoms with E-state index in [0.717, 1.165) is 5.56 Å². The standard InChI is InChI=1S/C18H23N3O/c1-3-22-17-10-11-19-18(20-17)16-8-6-15(7-9-16)14(2)21-12-4-5-13-21/h6-11,14H,3-5,12-13H2,1-2H3. The van der Waals surface area contributed by atoms with E-state index in [2.05, 4.69) is 46.1 Å². The molecule has 0 bridgehead atoms. The van der Waals surface area contributed by atoms with Crippen LogP contribution in [0, 0.1) is 0 Å². The molecule has 1 unspecified atom stereocenters. The first kappa shape index (κ1) is 15.0. The second kappa shape index (κ2) is 6.88. The van der Waals surface area contributed by atoms with Crippen LogP contribution in [0.15, 0.2) is 36.5 Å². The largest absolute Gasteiger partial charge is 0.478 e. The summed E-state index contributed by atoms with van der Waals surface area (Å²) in [6, 6.07) is 10.9. The summed E-state index contributed by atoms with van der Waals surface area (Å²) in [7, 11) is 0. The second-order valence-electron chi connectivity index (χ2n) is 5.69. The molecule has 0 aliphatic carbocycles. The van der Waals surface area contributed by atoms with Crippen LogP contribution in [0.2, 0.25) is 0 Å². The fourth-order valence-corrected chi connectivity index (χ4v) is 2.96. The molecular weight excluding hydrogens is 274 g/mol. The Kier molecular flexibility index (Phi) is 4.68. The molecule has 3 rings (SSSR count). The molecule has 1 aromatic heterocycles. The Labute approximate surface area is 132 Å². The van der Waals surface area contributed by atoms with Crippen LogP contribution in [-0.4, -0.2) is 34.6 Å². The van der Waals surface area contributed by atoms with Crippen molar-refractivity contribution in [2.24, 2.45) is 0 Å². The predicted octanol–water partition coefficient (Wildman–Crippen LogP) is 3.70. The summed E-state index contributed by atoms with van der Waals surface area (Å²) in [6.45, 7) is 7.27. The van der Waals surface area contributed by atoms with Crippen LogP contribution in [0.4, 0.5) is 0 Å². The quantitative estimate of drug-likeness (QED) is 0.843. The summed E-state index contributed by atoms with van der Waals surface area (Å²) in [5.41, 5.74) is 2.38. The maximum absolute atomic E-state index is 5.44. The van der Waals surface area contributed by atoms with E-state index in [9.17, 15) is 0 Å². The average Bonchev–Trinajstić information content (AvgIpc) is 3.09. The maximum Gasteiger partial charge on any atom is 0.216 e. The molecule has 2 aromatic rings. The van der Waals surface area contributed by atoms with Crippen LogP contribution in [0.5, 0.6) is 5.88 Å². The third-order valence-electron chi connectivity index (χ3n) is 4.26. The maximum atomic E-state index is 5.44. The van der Waals surface area contributed by atoms with E-state index in [4.69, 9.17) is 4.74 Å². The Hall–Kier alpha value is -1.94. The van der Waals surface area contributed by atoms with Crippen molar-refractivity contribution in [1.29, 1.82) is 0 Å². The Morgan fingerprint density at radius 3 is 2.55 bits per heavy atom. The van der Waals surface area contributed by atoms with Gasteiger partial charge in [0.15, 0.2) is 5.82 Å².